The number of likely N-dealkylation sites (N-methyl/N-ethyl adjacent to an activating group) is 1. The summed E-state index contributed by atoms with van der Waals surface area (Å²) in [5, 5.41) is 0. The molecule has 0 spiro atoms. The van der Waals surface area contributed by atoms with E-state index in [9.17, 15) is 14.0 Å². The maximum atomic E-state index is 14.4. The van der Waals surface area contributed by atoms with E-state index in [0.717, 1.165) is 6.42 Å². The lowest BCUT2D eigenvalue weighted by Crippen LogP contribution is -2.50. The van der Waals surface area contributed by atoms with Crippen molar-refractivity contribution in [3.63, 3.8) is 0 Å². The molecule has 2 amide bonds. The van der Waals surface area contributed by atoms with Crippen LogP contribution in [0.1, 0.15) is 35.8 Å². The van der Waals surface area contributed by atoms with Gasteiger partial charge in [-0.15, -0.1) is 0 Å². The molecule has 6 heteroatoms. The van der Waals surface area contributed by atoms with Crippen LogP contribution >= 0.6 is 0 Å². The van der Waals surface area contributed by atoms with E-state index < -0.39 is 11.6 Å². The van der Waals surface area contributed by atoms with Gasteiger partial charge in [-0.05, 0) is 31.4 Å². The summed E-state index contributed by atoms with van der Waals surface area (Å²) in [6, 6.07) is 3.61. The normalized spacial score (nSPS) is 29.9. The van der Waals surface area contributed by atoms with Crippen LogP contribution in [0.2, 0.25) is 0 Å². The van der Waals surface area contributed by atoms with Crippen molar-refractivity contribution >= 4 is 11.8 Å². The van der Waals surface area contributed by atoms with Crippen molar-refractivity contribution in [3.05, 3.63) is 24.0 Å². The summed E-state index contributed by atoms with van der Waals surface area (Å²) < 4.78 is 16.3. The molecule has 1 aromatic rings. The number of rotatable bonds is 1. The Bertz CT molecular complexity index is 622. The fourth-order valence-corrected chi connectivity index (χ4v) is 3.77. The second kappa shape index (κ2) is 4.08. The summed E-state index contributed by atoms with van der Waals surface area (Å²) in [6.45, 7) is 0.906. The lowest BCUT2D eigenvalue weighted by molar-refractivity contribution is -0.149. The number of amides is 2. The molecular weight excluding hydrogens is 273 g/mol. The fourth-order valence-electron chi connectivity index (χ4n) is 3.77. The number of hydrogen-bond acceptors (Lipinski definition) is 2. The van der Waals surface area contributed by atoms with E-state index in [1.165, 1.54) is 0 Å². The van der Waals surface area contributed by atoms with E-state index in [-0.39, 0.29) is 18.0 Å². The second-order valence-electron chi connectivity index (χ2n) is 6.38. The highest BCUT2D eigenvalue weighted by molar-refractivity contribution is 5.94. The minimum absolute atomic E-state index is 0.0327. The molecule has 0 aromatic carbocycles. The summed E-state index contributed by atoms with van der Waals surface area (Å²) in [5.41, 5.74) is -1.01. The van der Waals surface area contributed by atoms with Gasteiger partial charge in [0.25, 0.3) is 11.8 Å². The van der Waals surface area contributed by atoms with Gasteiger partial charge in [0.15, 0.2) is 5.67 Å². The Morgan fingerprint density at radius 3 is 2.71 bits per heavy atom. The van der Waals surface area contributed by atoms with Crippen molar-refractivity contribution in [1.82, 2.24) is 14.4 Å². The first kappa shape index (κ1) is 12.9. The van der Waals surface area contributed by atoms with Crippen molar-refractivity contribution in [2.24, 2.45) is 0 Å². The molecule has 2 aliphatic heterocycles. The molecule has 21 heavy (non-hydrogen) atoms. The number of carbonyl (C=O) groups is 2. The van der Waals surface area contributed by atoms with E-state index in [0.29, 0.717) is 31.6 Å². The predicted octanol–water partition coefficient (Wildman–Crippen LogP) is 1.22. The molecule has 1 aliphatic carbocycles. The highest BCUT2D eigenvalue weighted by Gasteiger charge is 2.52. The van der Waals surface area contributed by atoms with Gasteiger partial charge in [-0.1, -0.05) is 0 Å². The Hall–Kier alpha value is -1.85. The third-order valence-electron chi connectivity index (χ3n) is 5.25. The highest BCUT2D eigenvalue weighted by Crippen LogP contribution is 2.40. The molecule has 0 unspecified atom stereocenters. The first-order valence-corrected chi connectivity index (χ1v) is 7.43. The van der Waals surface area contributed by atoms with Crippen molar-refractivity contribution in [2.45, 2.75) is 37.0 Å². The number of alkyl halides is 1. The monoisotopic (exact) mass is 291 g/mol. The van der Waals surface area contributed by atoms with Crippen LogP contribution < -0.4 is 0 Å². The van der Waals surface area contributed by atoms with Gasteiger partial charge >= 0.3 is 0 Å². The maximum absolute atomic E-state index is 14.4. The predicted molar refractivity (Wildman–Crippen MR) is 73.6 cm³/mol. The molecule has 3 heterocycles. The van der Waals surface area contributed by atoms with Crippen molar-refractivity contribution < 1.29 is 14.0 Å². The summed E-state index contributed by atoms with van der Waals surface area (Å²) in [6.07, 6.45) is 3.33. The largest absolute Gasteiger partial charge is 0.337 e. The van der Waals surface area contributed by atoms with Gasteiger partial charge in [-0.3, -0.25) is 9.59 Å². The Morgan fingerprint density at radius 2 is 2.05 bits per heavy atom. The molecular formula is C15H18FN3O2. The highest BCUT2D eigenvalue weighted by atomic mass is 19.1. The lowest BCUT2D eigenvalue weighted by atomic mass is 9.81. The summed E-state index contributed by atoms with van der Waals surface area (Å²) >= 11 is 0. The SMILES string of the molecule is CN1C(=O)c2cccn2[C@H]2CN(C(=O)C3(F)CCC3)C[C@H]21. The van der Waals surface area contributed by atoms with Crippen LogP contribution in [0.5, 0.6) is 0 Å². The zero-order valence-electron chi connectivity index (χ0n) is 12.0. The maximum Gasteiger partial charge on any atom is 0.270 e. The average Bonchev–Trinajstić information content (AvgIpc) is 3.07. The van der Waals surface area contributed by atoms with Crippen LogP contribution in [0, 0.1) is 0 Å². The molecule has 2 fully saturated rings. The Labute approximate surface area is 122 Å². The number of nitrogens with zero attached hydrogens (tertiary/aromatic N) is 3. The molecule has 1 aromatic heterocycles. The smallest absolute Gasteiger partial charge is 0.270 e. The number of halogens is 1. The van der Waals surface area contributed by atoms with Crippen LogP contribution in [0.15, 0.2) is 18.3 Å². The molecule has 0 radical (unpaired) electrons. The topological polar surface area (TPSA) is 45.6 Å². The average molecular weight is 291 g/mol. The summed E-state index contributed by atoms with van der Waals surface area (Å²) in [7, 11) is 1.76. The molecule has 1 saturated heterocycles. The zero-order valence-corrected chi connectivity index (χ0v) is 12.0. The van der Waals surface area contributed by atoms with Gasteiger partial charge in [0.05, 0.1) is 12.1 Å². The molecule has 0 bridgehead atoms. The minimum atomic E-state index is -1.66. The first-order chi connectivity index (χ1) is 10.0. The van der Waals surface area contributed by atoms with Crippen molar-refractivity contribution in [1.29, 1.82) is 0 Å². The molecule has 112 valence electrons. The number of likely N-dealkylation sites (tertiary alicyclic amines) is 1. The molecule has 4 rings (SSSR count). The quantitative estimate of drug-likeness (QED) is 0.781. The molecule has 5 nitrogen and oxygen atoms in total. The molecule has 1 saturated carbocycles. The Morgan fingerprint density at radius 1 is 1.33 bits per heavy atom. The third-order valence-corrected chi connectivity index (χ3v) is 5.25. The van der Waals surface area contributed by atoms with E-state index in [4.69, 9.17) is 0 Å². The van der Waals surface area contributed by atoms with Gasteiger partial charge in [0.2, 0.25) is 0 Å². The van der Waals surface area contributed by atoms with E-state index in [1.807, 2.05) is 16.8 Å². The van der Waals surface area contributed by atoms with E-state index in [2.05, 4.69) is 0 Å². The summed E-state index contributed by atoms with van der Waals surface area (Å²) in [5.74, 6) is -0.424. The van der Waals surface area contributed by atoms with Gasteiger partial charge in [-0.2, -0.15) is 0 Å². The van der Waals surface area contributed by atoms with Crippen molar-refractivity contribution in [3.8, 4) is 0 Å². The number of carbonyl (C=O) groups excluding carboxylic acids is 2. The second-order valence-corrected chi connectivity index (χ2v) is 6.38. The minimum Gasteiger partial charge on any atom is -0.337 e. The van der Waals surface area contributed by atoms with Gasteiger partial charge in [0, 0.05) is 26.3 Å². The van der Waals surface area contributed by atoms with E-state index in [1.54, 1.807) is 22.9 Å². The van der Waals surface area contributed by atoms with Gasteiger partial charge < -0.3 is 14.4 Å². The van der Waals surface area contributed by atoms with Gasteiger partial charge in [0.1, 0.15) is 5.69 Å². The standard InChI is InChI=1S/C15H18FN3O2/c1-17-11-8-18(14(21)15(16)5-3-6-15)9-12(11)19-7-2-4-10(19)13(17)20/h2,4,7,11-12H,3,5-6,8-9H2,1H3/t11-,12+/m1/s1. The van der Waals surface area contributed by atoms with Crippen LogP contribution in [-0.2, 0) is 4.79 Å². The number of aromatic nitrogens is 1. The number of fused-ring (bicyclic) bond motifs is 3. The zero-order chi connectivity index (χ0) is 14.8. The third kappa shape index (κ3) is 1.61. The van der Waals surface area contributed by atoms with Gasteiger partial charge in [-0.25, -0.2) is 4.39 Å². The van der Waals surface area contributed by atoms with Crippen LogP contribution in [-0.4, -0.2) is 58.0 Å². The Kier molecular flexibility index (Phi) is 2.50. The lowest BCUT2D eigenvalue weighted by Gasteiger charge is -2.36. The molecule has 0 N–H and O–H groups in total. The van der Waals surface area contributed by atoms with E-state index >= 15 is 0 Å². The fraction of sp³-hybridized carbons (Fsp3) is 0.600. The summed E-state index contributed by atoms with van der Waals surface area (Å²) in [4.78, 5) is 28.0. The first-order valence-electron chi connectivity index (χ1n) is 7.43. The van der Waals surface area contributed by atoms with Crippen molar-refractivity contribution in [2.75, 3.05) is 20.1 Å². The molecule has 3 aliphatic rings. The number of hydrogen-bond donors (Lipinski definition) is 0. The van der Waals surface area contributed by atoms with Crippen LogP contribution in [0.4, 0.5) is 4.39 Å². The van der Waals surface area contributed by atoms with Crippen LogP contribution in [0.3, 0.4) is 0 Å². The van der Waals surface area contributed by atoms with Crippen LogP contribution in [0.25, 0.3) is 0 Å². The Balaban J connectivity index is 1.63. The molecule has 2 atom stereocenters.